The summed E-state index contributed by atoms with van der Waals surface area (Å²) in [7, 11) is 0. The number of fused-ring (bicyclic) bond motifs is 9. The highest BCUT2D eigenvalue weighted by atomic mass is 32.1. The summed E-state index contributed by atoms with van der Waals surface area (Å²) in [5.74, 6) is 0. The Hall–Kier alpha value is -7.40. The molecule has 3 nitrogen and oxygen atoms in total. The molecule has 0 saturated heterocycles. The third-order valence-corrected chi connectivity index (χ3v) is 12.8. The fourth-order valence-corrected chi connectivity index (χ4v) is 10.1. The molecule has 272 valence electrons. The van der Waals surface area contributed by atoms with Crippen LogP contribution in [0.15, 0.2) is 211 Å². The smallest absolute Gasteiger partial charge is 0.143 e. The summed E-state index contributed by atoms with van der Waals surface area (Å²) >= 11 is 1.85. The minimum absolute atomic E-state index is 0.896. The fraction of sp³-hybridized carbons (Fsp3) is 0. The second-order valence-corrected chi connectivity index (χ2v) is 15.9. The molecule has 0 bridgehead atoms. The lowest BCUT2D eigenvalue weighted by atomic mass is 9.98. The number of hydrogen-bond donors (Lipinski definition) is 0. The zero-order valence-corrected chi connectivity index (χ0v) is 32.2. The van der Waals surface area contributed by atoms with E-state index in [2.05, 4.69) is 210 Å². The van der Waals surface area contributed by atoms with Crippen LogP contribution in [-0.4, -0.2) is 4.57 Å². The molecule has 0 aliphatic rings. The normalized spacial score (nSPS) is 11.8. The number of rotatable bonds is 6. The van der Waals surface area contributed by atoms with Gasteiger partial charge in [-0.15, -0.1) is 11.3 Å². The second kappa shape index (κ2) is 13.1. The van der Waals surface area contributed by atoms with Crippen molar-refractivity contribution in [3.63, 3.8) is 0 Å². The van der Waals surface area contributed by atoms with Crippen molar-refractivity contribution in [3.8, 4) is 27.9 Å². The zero-order chi connectivity index (χ0) is 38.2. The molecule has 4 heteroatoms. The molecule has 3 heterocycles. The van der Waals surface area contributed by atoms with Crippen molar-refractivity contribution in [1.82, 2.24) is 4.57 Å². The topological polar surface area (TPSA) is 21.3 Å². The van der Waals surface area contributed by atoms with Gasteiger partial charge in [0.1, 0.15) is 11.2 Å². The molecule has 0 aliphatic carbocycles. The number of benzene rings is 9. The number of furan rings is 1. The molecule has 12 rings (SSSR count). The van der Waals surface area contributed by atoms with E-state index in [1.807, 2.05) is 17.4 Å². The van der Waals surface area contributed by atoms with Crippen molar-refractivity contribution in [3.05, 3.63) is 206 Å². The van der Waals surface area contributed by atoms with E-state index in [0.29, 0.717) is 0 Å². The van der Waals surface area contributed by atoms with Gasteiger partial charge in [-0.1, -0.05) is 140 Å². The van der Waals surface area contributed by atoms with E-state index in [9.17, 15) is 0 Å². The van der Waals surface area contributed by atoms with Crippen LogP contribution in [0.2, 0.25) is 0 Å². The van der Waals surface area contributed by atoms with Gasteiger partial charge in [-0.2, -0.15) is 0 Å². The van der Waals surface area contributed by atoms with Crippen LogP contribution in [0.1, 0.15) is 0 Å². The Morgan fingerprint density at radius 1 is 0.397 bits per heavy atom. The molecule has 3 aromatic heterocycles. The Balaban J connectivity index is 1.01. The van der Waals surface area contributed by atoms with Crippen LogP contribution in [0.25, 0.3) is 91.9 Å². The molecule has 12 aromatic rings. The maximum absolute atomic E-state index is 6.62. The Morgan fingerprint density at radius 3 is 1.72 bits per heavy atom. The van der Waals surface area contributed by atoms with E-state index >= 15 is 0 Å². The first-order chi connectivity index (χ1) is 28.8. The Morgan fingerprint density at radius 2 is 0.948 bits per heavy atom. The number of para-hydroxylation sites is 5. The molecule has 0 aliphatic heterocycles. The zero-order valence-electron chi connectivity index (χ0n) is 31.3. The number of nitrogens with zero attached hydrogens (tertiary/aromatic N) is 2. The molecule has 0 spiro atoms. The molecule has 0 saturated carbocycles. The lowest BCUT2D eigenvalue weighted by Gasteiger charge is -2.29. The highest BCUT2D eigenvalue weighted by Gasteiger charge is 2.23. The predicted molar refractivity (Wildman–Crippen MR) is 247 cm³/mol. The maximum Gasteiger partial charge on any atom is 0.143 e. The lowest BCUT2D eigenvalue weighted by molar-refractivity contribution is 0.670. The molecule has 0 fully saturated rings. The van der Waals surface area contributed by atoms with Crippen LogP contribution in [0, 0.1) is 0 Å². The van der Waals surface area contributed by atoms with Crippen molar-refractivity contribution < 1.29 is 4.42 Å². The first kappa shape index (κ1) is 32.8. The van der Waals surface area contributed by atoms with E-state index < -0.39 is 0 Å². The van der Waals surface area contributed by atoms with Gasteiger partial charge in [0.05, 0.1) is 22.4 Å². The van der Waals surface area contributed by atoms with Crippen molar-refractivity contribution in [2.75, 3.05) is 4.90 Å². The lowest BCUT2D eigenvalue weighted by Crippen LogP contribution is -2.11. The second-order valence-electron chi connectivity index (χ2n) is 14.8. The van der Waals surface area contributed by atoms with E-state index in [1.54, 1.807) is 0 Å². The standard InChI is InChI=1S/C54H34N2OS/c1-6-20-46-39(13-1)40-14-2-7-21-47(40)55(46)37-31-27-35(28-32-37)36-29-33-38(34-30-36)56(49-23-12-26-52-53(49)45-17-5-10-25-51(45)58-52)48-22-8-3-15-41(48)43-18-11-19-44-42-16-4-9-24-50(42)57-54(43)44/h1-34H. The van der Waals surface area contributed by atoms with Gasteiger partial charge in [-0.05, 0) is 77.9 Å². The van der Waals surface area contributed by atoms with Crippen molar-refractivity contribution in [2.45, 2.75) is 0 Å². The van der Waals surface area contributed by atoms with Gasteiger partial charge >= 0.3 is 0 Å². The molecule has 0 N–H and O–H groups in total. The van der Waals surface area contributed by atoms with Gasteiger partial charge in [-0.25, -0.2) is 0 Å². The minimum atomic E-state index is 0.896. The summed E-state index contributed by atoms with van der Waals surface area (Å²) in [6.45, 7) is 0. The Bertz CT molecular complexity index is 3460. The van der Waals surface area contributed by atoms with Gasteiger partial charge in [0.2, 0.25) is 0 Å². The quantitative estimate of drug-likeness (QED) is 0.168. The summed E-state index contributed by atoms with van der Waals surface area (Å²) in [4.78, 5) is 2.44. The molecule has 0 radical (unpaired) electrons. The van der Waals surface area contributed by atoms with Crippen LogP contribution in [0.3, 0.4) is 0 Å². The van der Waals surface area contributed by atoms with E-state index in [0.717, 1.165) is 61.4 Å². The summed E-state index contributed by atoms with van der Waals surface area (Å²) in [6.07, 6.45) is 0. The largest absolute Gasteiger partial charge is 0.455 e. The third kappa shape index (κ3) is 5.05. The molecular weight excluding hydrogens is 725 g/mol. The monoisotopic (exact) mass is 758 g/mol. The van der Waals surface area contributed by atoms with E-state index in [-0.39, 0.29) is 0 Å². The molecule has 0 unspecified atom stereocenters. The van der Waals surface area contributed by atoms with Crippen molar-refractivity contribution >= 4 is 92.3 Å². The first-order valence-electron chi connectivity index (χ1n) is 19.7. The molecular formula is C54H34N2OS. The summed E-state index contributed by atoms with van der Waals surface area (Å²) < 4.78 is 11.5. The highest BCUT2D eigenvalue weighted by molar-refractivity contribution is 7.26. The highest BCUT2D eigenvalue weighted by Crippen LogP contribution is 2.48. The van der Waals surface area contributed by atoms with Crippen LogP contribution in [-0.2, 0) is 0 Å². The van der Waals surface area contributed by atoms with Crippen LogP contribution in [0.4, 0.5) is 17.1 Å². The summed E-state index contributed by atoms with van der Waals surface area (Å²) in [5.41, 5.74) is 13.2. The number of aromatic nitrogens is 1. The van der Waals surface area contributed by atoms with Gasteiger partial charge in [-0.3, -0.25) is 0 Å². The molecule has 9 aromatic carbocycles. The summed E-state index contributed by atoms with van der Waals surface area (Å²) in [6, 6.07) is 74.4. The SMILES string of the molecule is c1ccc(N(c2ccc(-c3ccc(-n4c5ccccc5c5ccccc54)cc3)cc2)c2cccc3sc4ccccc4c23)c(-c2cccc3c2oc2ccccc23)c1. The third-order valence-electron chi connectivity index (χ3n) is 11.6. The van der Waals surface area contributed by atoms with Gasteiger partial charge in [0, 0.05) is 64.2 Å². The maximum atomic E-state index is 6.62. The van der Waals surface area contributed by atoms with Crippen molar-refractivity contribution in [1.29, 1.82) is 0 Å². The number of anilines is 3. The fourth-order valence-electron chi connectivity index (χ4n) is 9.01. The number of thiophene rings is 1. The van der Waals surface area contributed by atoms with Gasteiger partial charge in [0.25, 0.3) is 0 Å². The molecule has 0 atom stereocenters. The van der Waals surface area contributed by atoms with Crippen LogP contribution >= 0.6 is 11.3 Å². The van der Waals surface area contributed by atoms with Crippen LogP contribution < -0.4 is 4.90 Å². The first-order valence-corrected chi connectivity index (χ1v) is 20.5. The van der Waals surface area contributed by atoms with Crippen molar-refractivity contribution in [2.24, 2.45) is 0 Å². The average molecular weight is 759 g/mol. The average Bonchev–Trinajstić information content (AvgIpc) is 3.97. The summed E-state index contributed by atoms with van der Waals surface area (Å²) in [5, 5.41) is 7.30. The predicted octanol–water partition coefficient (Wildman–Crippen LogP) is 15.9. The molecule has 58 heavy (non-hydrogen) atoms. The minimum Gasteiger partial charge on any atom is -0.455 e. The van der Waals surface area contributed by atoms with E-state index in [1.165, 1.54) is 47.5 Å². The Labute approximate surface area is 338 Å². The van der Waals surface area contributed by atoms with Gasteiger partial charge < -0.3 is 13.9 Å². The number of hydrogen-bond acceptors (Lipinski definition) is 3. The Kier molecular flexibility index (Phi) is 7.40. The molecule has 0 amide bonds. The van der Waals surface area contributed by atoms with E-state index in [4.69, 9.17) is 4.42 Å². The van der Waals surface area contributed by atoms with Gasteiger partial charge in [0.15, 0.2) is 0 Å². The van der Waals surface area contributed by atoms with Crippen LogP contribution in [0.5, 0.6) is 0 Å².